The van der Waals surface area contributed by atoms with E-state index in [4.69, 9.17) is 4.74 Å². The van der Waals surface area contributed by atoms with Gasteiger partial charge in [0.2, 0.25) is 5.91 Å². The van der Waals surface area contributed by atoms with Crippen molar-refractivity contribution in [2.24, 2.45) is 5.92 Å². The van der Waals surface area contributed by atoms with Crippen molar-refractivity contribution in [3.63, 3.8) is 0 Å². The summed E-state index contributed by atoms with van der Waals surface area (Å²) in [6.45, 7) is 6.10. The molecule has 0 aliphatic carbocycles. The number of amides is 1. The molecule has 3 atom stereocenters. The fourth-order valence-electron chi connectivity index (χ4n) is 3.97. The first kappa shape index (κ1) is 15.5. The Morgan fingerprint density at radius 2 is 2.05 bits per heavy atom. The topological polar surface area (TPSA) is 32.8 Å². The number of carbonyl (C=O) groups excluding carboxylic acids is 1. The Morgan fingerprint density at radius 1 is 1.27 bits per heavy atom. The van der Waals surface area contributed by atoms with Gasteiger partial charge in [0.05, 0.1) is 18.6 Å². The number of carbonyl (C=O) groups is 1. The van der Waals surface area contributed by atoms with E-state index >= 15 is 0 Å². The predicted molar refractivity (Wildman–Crippen MR) is 86.7 cm³/mol. The van der Waals surface area contributed by atoms with Crippen molar-refractivity contribution in [1.82, 2.24) is 9.80 Å². The van der Waals surface area contributed by atoms with Crippen LogP contribution in [0.25, 0.3) is 0 Å². The van der Waals surface area contributed by atoms with E-state index in [2.05, 4.69) is 16.7 Å². The second-order valence-electron chi connectivity index (χ2n) is 6.40. The maximum atomic E-state index is 12.8. The van der Waals surface area contributed by atoms with Crippen LogP contribution in [-0.2, 0) is 16.0 Å². The van der Waals surface area contributed by atoms with Gasteiger partial charge in [-0.15, -0.1) is 0 Å². The number of hydrogen-bond donors (Lipinski definition) is 0. The molecule has 0 spiro atoms. The number of benzene rings is 1. The Morgan fingerprint density at radius 3 is 2.73 bits per heavy atom. The van der Waals surface area contributed by atoms with Crippen molar-refractivity contribution in [2.75, 3.05) is 33.3 Å². The normalized spacial score (nSPS) is 28.6. The van der Waals surface area contributed by atoms with Crippen molar-refractivity contribution >= 4 is 5.91 Å². The zero-order valence-electron chi connectivity index (χ0n) is 13.6. The summed E-state index contributed by atoms with van der Waals surface area (Å²) in [4.78, 5) is 17.3. The Labute approximate surface area is 133 Å². The summed E-state index contributed by atoms with van der Waals surface area (Å²) in [7, 11) is 1.80. The molecule has 0 saturated carbocycles. The number of hydrogen-bond acceptors (Lipinski definition) is 3. The summed E-state index contributed by atoms with van der Waals surface area (Å²) in [6.07, 6.45) is 1.76. The maximum Gasteiger partial charge on any atom is 0.227 e. The van der Waals surface area contributed by atoms with Crippen LogP contribution in [0.3, 0.4) is 0 Å². The lowest BCUT2D eigenvalue weighted by molar-refractivity contribution is -0.138. The lowest BCUT2D eigenvalue weighted by Gasteiger charge is -2.41. The van der Waals surface area contributed by atoms with Gasteiger partial charge in [0.1, 0.15) is 0 Å². The van der Waals surface area contributed by atoms with Crippen LogP contribution < -0.4 is 0 Å². The highest BCUT2D eigenvalue weighted by atomic mass is 16.5. The lowest BCUT2D eigenvalue weighted by atomic mass is 9.88. The SMILES string of the molecule is CCN1C[C@@H]2[C@@H](OC)CCN(C(=O)Cc3ccccc3)[C@@H]2C1. The monoisotopic (exact) mass is 302 g/mol. The number of ether oxygens (including phenoxy) is 1. The molecule has 120 valence electrons. The summed E-state index contributed by atoms with van der Waals surface area (Å²) < 4.78 is 5.68. The van der Waals surface area contributed by atoms with Crippen LogP contribution in [0.2, 0.25) is 0 Å². The molecular weight excluding hydrogens is 276 g/mol. The first-order chi connectivity index (χ1) is 10.7. The molecule has 22 heavy (non-hydrogen) atoms. The number of likely N-dealkylation sites (N-methyl/N-ethyl adjacent to an activating group) is 1. The first-order valence-electron chi connectivity index (χ1n) is 8.31. The third kappa shape index (κ3) is 3.03. The molecule has 2 fully saturated rings. The zero-order valence-corrected chi connectivity index (χ0v) is 13.6. The van der Waals surface area contributed by atoms with Crippen LogP contribution in [-0.4, -0.2) is 61.1 Å². The van der Waals surface area contributed by atoms with Gasteiger partial charge >= 0.3 is 0 Å². The Kier molecular flexibility index (Phi) is 4.79. The molecule has 2 aliphatic heterocycles. The largest absolute Gasteiger partial charge is 0.381 e. The van der Waals surface area contributed by atoms with Gasteiger partial charge in [0, 0.05) is 32.7 Å². The van der Waals surface area contributed by atoms with E-state index in [0.29, 0.717) is 24.5 Å². The summed E-state index contributed by atoms with van der Waals surface area (Å²) in [5.74, 6) is 0.715. The first-order valence-corrected chi connectivity index (χ1v) is 8.31. The van der Waals surface area contributed by atoms with E-state index in [9.17, 15) is 4.79 Å². The molecule has 2 heterocycles. The minimum atomic E-state index is 0.258. The number of piperidine rings is 1. The molecule has 3 rings (SSSR count). The van der Waals surface area contributed by atoms with Crippen LogP contribution in [0.1, 0.15) is 18.9 Å². The van der Waals surface area contributed by atoms with Crippen molar-refractivity contribution in [3.05, 3.63) is 35.9 Å². The molecule has 0 N–H and O–H groups in total. The second-order valence-corrected chi connectivity index (χ2v) is 6.40. The van der Waals surface area contributed by atoms with Crippen molar-refractivity contribution in [1.29, 1.82) is 0 Å². The maximum absolute atomic E-state index is 12.8. The molecular formula is C18H26N2O2. The molecule has 0 aromatic heterocycles. The van der Waals surface area contributed by atoms with Gasteiger partial charge in [0.25, 0.3) is 0 Å². The highest BCUT2D eigenvalue weighted by Gasteiger charge is 2.45. The average molecular weight is 302 g/mol. The summed E-state index contributed by atoms with van der Waals surface area (Å²) in [5, 5.41) is 0. The van der Waals surface area contributed by atoms with Crippen LogP contribution in [0, 0.1) is 5.92 Å². The highest BCUT2D eigenvalue weighted by molar-refractivity contribution is 5.79. The van der Waals surface area contributed by atoms with Crippen LogP contribution >= 0.6 is 0 Å². The van der Waals surface area contributed by atoms with E-state index in [1.807, 2.05) is 30.3 Å². The van der Waals surface area contributed by atoms with Crippen LogP contribution in [0.4, 0.5) is 0 Å². The minimum Gasteiger partial charge on any atom is -0.381 e. The summed E-state index contributed by atoms with van der Waals surface area (Å²) in [6, 6.07) is 10.4. The quantitative estimate of drug-likeness (QED) is 0.850. The fourth-order valence-corrected chi connectivity index (χ4v) is 3.97. The van der Waals surface area contributed by atoms with Crippen molar-refractivity contribution < 1.29 is 9.53 Å². The average Bonchev–Trinajstić information content (AvgIpc) is 2.99. The molecule has 0 bridgehead atoms. The van der Waals surface area contributed by atoms with Crippen LogP contribution in [0.5, 0.6) is 0 Å². The van der Waals surface area contributed by atoms with Crippen molar-refractivity contribution in [2.45, 2.75) is 31.9 Å². The third-order valence-corrected chi connectivity index (χ3v) is 5.21. The summed E-state index contributed by atoms with van der Waals surface area (Å²) >= 11 is 0. The van der Waals surface area contributed by atoms with Gasteiger partial charge in [-0.1, -0.05) is 37.3 Å². The molecule has 0 unspecified atom stereocenters. The Bertz CT molecular complexity index is 505. The van der Waals surface area contributed by atoms with E-state index in [1.165, 1.54) is 0 Å². The molecule has 0 radical (unpaired) electrons. The molecule has 1 aromatic rings. The second kappa shape index (κ2) is 6.80. The predicted octanol–water partition coefficient (Wildman–Crippen LogP) is 1.80. The standard InChI is InChI=1S/C18H26N2O2/c1-3-19-12-15-16(13-19)20(10-9-17(15)22-2)18(21)11-14-7-5-4-6-8-14/h4-8,15-17H,3,9-13H2,1-2H3/t15-,16+,17-/m0/s1. The fraction of sp³-hybridized carbons (Fsp3) is 0.611. The molecule has 4 nitrogen and oxygen atoms in total. The van der Waals surface area contributed by atoms with Gasteiger partial charge < -0.3 is 14.5 Å². The number of rotatable bonds is 4. The van der Waals surface area contributed by atoms with E-state index in [0.717, 1.165) is 38.2 Å². The van der Waals surface area contributed by atoms with E-state index < -0.39 is 0 Å². The Hall–Kier alpha value is -1.39. The minimum absolute atomic E-state index is 0.258. The van der Waals surface area contributed by atoms with Gasteiger partial charge in [0.15, 0.2) is 0 Å². The zero-order chi connectivity index (χ0) is 15.5. The third-order valence-electron chi connectivity index (χ3n) is 5.21. The lowest BCUT2D eigenvalue weighted by Crippen LogP contribution is -2.54. The molecule has 1 amide bonds. The van der Waals surface area contributed by atoms with Gasteiger partial charge in [-0.25, -0.2) is 0 Å². The van der Waals surface area contributed by atoms with Gasteiger partial charge in [-0.05, 0) is 18.5 Å². The molecule has 1 aromatic carbocycles. The van der Waals surface area contributed by atoms with Gasteiger partial charge in [-0.3, -0.25) is 4.79 Å². The van der Waals surface area contributed by atoms with Gasteiger partial charge in [-0.2, -0.15) is 0 Å². The number of methoxy groups -OCH3 is 1. The molecule has 2 saturated heterocycles. The summed E-state index contributed by atoms with van der Waals surface area (Å²) in [5.41, 5.74) is 1.10. The number of nitrogens with zero attached hydrogens (tertiary/aromatic N) is 2. The number of likely N-dealkylation sites (tertiary alicyclic amines) is 2. The number of fused-ring (bicyclic) bond motifs is 1. The smallest absolute Gasteiger partial charge is 0.227 e. The van der Waals surface area contributed by atoms with E-state index in [1.54, 1.807) is 7.11 Å². The molecule has 2 aliphatic rings. The highest BCUT2D eigenvalue weighted by Crippen LogP contribution is 2.32. The van der Waals surface area contributed by atoms with Crippen molar-refractivity contribution in [3.8, 4) is 0 Å². The van der Waals surface area contributed by atoms with E-state index in [-0.39, 0.29) is 5.91 Å². The van der Waals surface area contributed by atoms with Crippen LogP contribution in [0.15, 0.2) is 30.3 Å². The Balaban J connectivity index is 1.72. The molecule has 4 heteroatoms.